The number of alkyl halides is 3. The molecule has 1 unspecified atom stereocenters. The first kappa shape index (κ1) is 36.7. The van der Waals surface area contributed by atoms with Gasteiger partial charge in [-0.1, -0.05) is 32.9 Å². The molecular weight excluding hydrogens is 633 g/mol. The van der Waals surface area contributed by atoms with E-state index in [-0.39, 0.29) is 40.4 Å². The molecule has 1 fully saturated rings. The Labute approximate surface area is 277 Å². The largest absolute Gasteiger partial charge is 0.414 e. The number of aliphatic imine (C=N–C) groups is 1. The molecule has 2 aliphatic rings. The maximum Gasteiger partial charge on any atom is 0.414 e. The number of rotatable bonds is 7. The van der Waals surface area contributed by atoms with Gasteiger partial charge >= 0.3 is 6.18 Å². The third-order valence-corrected chi connectivity index (χ3v) is 8.59. The molecule has 8 nitrogen and oxygen atoms in total. The molecule has 2 N–H and O–H groups in total. The SMILES string of the molecule is C[C@@H]1CN(c2ccc(-c3ccc(C(=O)NC(C)(C)CC(C)(C)C)c(F)c3F)cc2NC(=O)C2C=NC(=O)C=C2C(F)(F)F)C[C@H](C)N1C. The summed E-state index contributed by atoms with van der Waals surface area (Å²) in [5.74, 6) is -7.62. The van der Waals surface area contributed by atoms with Gasteiger partial charge in [0.25, 0.3) is 11.8 Å². The smallest absolute Gasteiger partial charge is 0.367 e. The van der Waals surface area contributed by atoms with E-state index in [2.05, 4.69) is 20.5 Å². The number of dihydropyridines is 1. The molecule has 2 aromatic carbocycles. The van der Waals surface area contributed by atoms with Crippen LogP contribution in [0.5, 0.6) is 0 Å². The summed E-state index contributed by atoms with van der Waals surface area (Å²) in [6.45, 7) is 14.6. The van der Waals surface area contributed by atoms with Crippen LogP contribution in [0.4, 0.5) is 33.3 Å². The number of likely N-dealkylation sites (N-methyl/N-ethyl adjacent to an activating group) is 1. The molecule has 0 aliphatic carbocycles. The van der Waals surface area contributed by atoms with Crippen molar-refractivity contribution in [1.82, 2.24) is 10.2 Å². The Morgan fingerprint density at radius 3 is 2.17 bits per heavy atom. The van der Waals surface area contributed by atoms with Crippen molar-refractivity contribution < 1.29 is 36.3 Å². The lowest BCUT2D eigenvalue weighted by atomic mass is 9.81. The molecule has 0 spiro atoms. The first-order valence-corrected chi connectivity index (χ1v) is 15.7. The van der Waals surface area contributed by atoms with E-state index in [0.29, 0.717) is 31.4 Å². The third-order valence-electron chi connectivity index (χ3n) is 8.59. The van der Waals surface area contributed by atoms with Crippen molar-refractivity contribution in [3.05, 3.63) is 59.2 Å². The van der Waals surface area contributed by atoms with Crippen molar-refractivity contribution in [3.63, 3.8) is 0 Å². The van der Waals surface area contributed by atoms with E-state index in [4.69, 9.17) is 0 Å². The number of carbonyl (C=O) groups is 3. The van der Waals surface area contributed by atoms with Gasteiger partial charge < -0.3 is 15.5 Å². The van der Waals surface area contributed by atoms with Crippen molar-refractivity contribution in [2.75, 3.05) is 30.4 Å². The Morgan fingerprint density at radius 1 is 0.958 bits per heavy atom. The molecule has 2 aliphatic heterocycles. The molecule has 3 atom stereocenters. The quantitative estimate of drug-likeness (QED) is 0.317. The molecule has 2 aromatic rings. The van der Waals surface area contributed by atoms with Crippen molar-refractivity contribution in [2.24, 2.45) is 16.3 Å². The van der Waals surface area contributed by atoms with Crippen LogP contribution in [0.1, 0.15) is 65.2 Å². The van der Waals surface area contributed by atoms with Crippen LogP contribution in [0.2, 0.25) is 0 Å². The van der Waals surface area contributed by atoms with Crippen LogP contribution in [-0.2, 0) is 9.59 Å². The summed E-state index contributed by atoms with van der Waals surface area (Å²) in [5, 5.41) is 5.31. The van der Waals surface area contributed by atoms with Crippen LogP contribution in [0.3, 0.4) is 0 Å². The fourth-order valence-electron chi connectivity index (χ4n) is 6.54. The predicted octanol–water partition coefficient (Wildman–Crippen LogP) is 6.76. The minimum atomic E-state index is -4.98. The minimum absolute atomic E-state index is 0.0545. The standard InChI is InChI=1S/C35H42F5N5O3/c1-19-16-45(17-20(2)44(19)8)27-12-9-21(13-26(27)42-31(47)24-15-41-28(46)14-25(24)35(38,39)40)22-10-11-23(30(37)29(22)36)32(48)43-34(6,7)18-33(3,4)5/h9-15,19-20,24H,16-18H2,1-8H3,(H,42,47)(H,43,48)/t19-,20+,24?. The number of nitrogens with one attached hydrogen (secondary N) is 2. The summed E-state index contributed by atoms with van der Waals surface area (Å²) in [6.07, 6.45) is -3.48. The number of hydrogen-bond acceptors (Lipinski definition) is 5. The van der Waals surface area contributed by atoms with Gasteiger partial charge in [0.05, 0.1) is 22.5 Å². The van der Waals surface area contributed by atoms with Crippen LogP contribution < -0.4 is 15.5 Å². The van der Waals surface area contributed by atoms with Crippen molar-refractivity contribution in [1.29, 1.82) is 0 Å². The second kappa shape index (κ2) is 13.4. The monoisotopic (exact) mass is 675 g/mol. The Hall–Kier alpha value is -4.13. The Balaban J connectivity index is 1.73. The number of amides is 3. The normalized spacial score (nSPS) is 20.9. The number of benzene rings is 2. The second-order valence-electron chi connectivity index (χ2n) is 14.5. The number of anilines is 2. The van der Waals surface area contributed by atoms with Crippen LogP contribution >= 0.6 is 0 Å². The molecule has 0 saturated carbocycles. The number of hydrogen-bond donors (Lipinski definition) is 2. The summed E-state index contributed by atoms with van der Waals surface area (Å²) in [7, 11) is 1.97. The maximum absolute atomic E-state index is 15.7. The van der Waals surface area contributed by atoms with Gasteiger partial charge in [-0.05, 0) is 70.3 Å². The molecule has 260 valence electrons. The zero-order valence-corrected chi connectivity index (χ0v) is 28.4. The molecular formula is C35H42F5N5O3. The van der Waals surface area contributed by atoms with Gasteiger partial charge in [-0.25, -0.2) is 13.8 Å². The minimum Gasteiger partial charge on any atom is -0.367 e. The summed E-state index contributed by atoms with van der Waals surface area (Å²) in [4.78, 5) is 45.5. The molecule has 0 bridgehead atoms. The maximum atomic E-state index is 15.7. The average Bonchev–Trinajstić information content (AvgIpc) is 2.94. The molecule has 0 aromatic heterocycles. The molecule has 3 amide bonds. The fraction of sp³-hybridized carbons (Fsp3) is 0.486. The number of halogens is 5. The van der Waals surface area contributed by atoms with E-state index in [1.807, 2.05) is 46.6 Å². The first-order valence-electron chi connectivity index (χ1n) is 15.7. The van der Waals surface area contributed by atoms with Gasteiger partial charge in [-0.15, -0.1) is 0 Å². The highest BCUT2D eigenvalue weighted by molar-refractivity contribution is 6.11. The molecule has 13 heteroatoms. The summed E-state index contributed by atoms with van der Waals surface area (Å²) in [5.41, 5.74) is -2.31. The van der Waals surface area contributed by atoms with Gasteiger partial charge in [0.2, 0.25) is 5.91 Å². The van der Waals surface area contributed by atoms with Gasteiger partial charge in [0.1, 0.15) is 5.92 Å². The number of piperazine rings is 1. The van der Waals surface area contributed by atoms with Crippen molar-refractivity contribution in [2.45, 2.75) is 78.7 Å². The van der Waals surface area contributed by atoms with E-state index in [9.17, 15) is 27.6 Å². The van der Waals surface area contributed by atoms with Gasteiger partial charge in [-0.3, -0.25) is 19.3 Å². The molecule has 2 heterocycles. The van der Waals surface area contributed by atoms with Crippen molar-refractivity contribution >= 4 is 35.3 Å². The second-order valence-corrected chi connectivity index (χ2v) is 14.5. The van der Waals surface area contributed by atoms with E-state index in [0.717, 1.165) is 0 Å². The third kappa shape index (κ3) is 8.29. The van der Waals surface area contributed by atoms with Crippen molar-refractivity contribution in [3.8, 4) is 11.1 Å². The summed E-state index contributed by atoms with van der Waals surface area (Å²) < 4.78 is 72.5. The highest BCUT2D eigenvalue weighted by Gasteiger charge is 2.43. The highest BCUT2D eigenvalue weighted by atomic mass is 19.4. The lowest BCUT2D eigenvalue weighted by Crippen LogP contribution is -2.55. The van der Waals surface area contributed by atoms with Crippen LogP contribution in [0.15, 0.2) is 47.0 Å². The Kier molecular flexibility index (Phi) is 10.3. The van der Waals surface area contributed by atoms with E-state index in [1.54, 1.807) is 19.9 Å². The van der Waals surface area contributed by atoms with Crippen LogP contribution in [0, 0.1) is 23.0 Å². The zero-order chi connectivity index (χ0) is 35.9. The molecule has 0 radical (unpaired) electrons. The summed E-state index contributed by atoms with van der Waals surface area (Å²) in [6, 6.07) is 7.02. The molecule has 1 saturated heterocycles. The lowest BCUT2D eigenvalue weighted by molar-refractivity contribution is -0.124. The van der Waals surface area contributed by atoms with Gasteiger partial charge in [0.15, 0.2) is 11.6 Å². The summed E-state index contributed by atoms with van der Waals surface area (Å²) >= 11 is 0. The highest BCUT2D eigenvalue weighted by Crippen LogP contribution is 2.38. The number of nitrogens with zero attached hydrogens (tertiary/aromatic N) is 3. The molecule has 4 rings (SSSR count). The topological polar surface area (TPSA) is 94.1 Å². The van der Waals surface area contributed by atoms with E-state index >= 15 is 8.78 Å². The van der Waals surface area contributed by atoms with Gasteiger partial charge in [-0.2, -0.15) is 13.2 Å². The van der Waals surface area contributed by atoms with Crippen LogP contribution in [0.25, 0.3) is 11.1 Å². The zero-order valence-electron chi connectivity index (χ0n) is 28.4. The Morgan fingerprint density at radius 2 is 1.58 bits per heavy atom. The fourth-order valence-corrected chi connectivity index (χ4v) is 6.54. The van der Waals surface area contributed by atoms with E-state index in [1.165, 1.54) is 24.3 Å². The van der Waals surface area contributed by atoms with Gasteiger partial charge in [0, 0.05) is 48.6 Å². The van der Waals surface area contributed by atoms with Crippen LogP contribution in [-0.4, -0.2) is 72.8 Å². The Bertz CT molecular complexity index is 1650. The molecule has 48 heavy (non-hydrogen) atoms. The average molecular weight is 676 g/mol. The number of carbonyl (C=O) groups excluding carboxylic acids is 3. The predicted molar refractivity (Wildman–Crippen MR) is 176 cm³/mol. The van der Waals surface area contributed by atoms with E-state index < -0.39 is 58.1 Å². The lowest BCUT2D eigenvalue weighted by Gasteiger charge is -2.44. The first-order chi connectivity index (χ1) is 22.1.